The summed E-state index contributed by atoms with van der Waals surface area (Å²) >= 11 is 0. The molecule has 1 heterocycles. The Bertz CT molecular complexity index is 538. The molecule has 2 rings (SSSR count). The molecule has 0 saturated heterocycles. The molecule has 1 aromatic carbocycles. The molecule has 0 aliphatic heterocycles. The molecular weight excluding hydrogens is 241 g/mol. The monoisotopic (exact) mass is 254 g/mol. The molecule has 5 heteroatoms. The van der Waals surface area contributed by atoms with Gasteiger partial charge in [-0.05, 0) is 43.2 Å². The van der Waals surface area contributed by atoms with E-state index >= 15 is 0 Å². The molecule has 1 aromatic heterocycles. The van der Waals surface area contributed by atoms with Gasteiger partial charge in [-0.25, -0.2) is 4.68 Å². The van der Waals surface area contributed by atoms with Gasteiger partial charge in [0.2, 0.25) is 0 Å². The van der Waals surface area contributed by atoms with E-state index in [0.717, 1.165) is 29.8 Å². The van der Waals surface area contributed by atoms with Crippen LogP contribution in [-0.2, 0) is 12.6 Å². The Balaban J connectivity index is 2.34. The fraction of sp³-hybridized carbons (Fsp3) is 0.308. The highest BCUT2D eigenvalue weighted by molar-refractivity contribution is 5.36. The third-order valence-electron chi connectivity index (χ3n) is 2.79. The van der Waals surface area contributed by atoms with E-state index in [2.05, 4.69) is 5.10 Å². The molecule has 0 radical (unpaired) electrons. The molecule has 2 aromatic rings. The van der Waals surface area contributed by atoms with E-state index < -0.39 is 11.7 Å². The van der Waals surface area contributed by atoms with E-state index in [9.17, 15) is 13.2 Å². The molecule has 0 N–H and O–H groups in total. The molecule has 96 valence electrons. The molecule has 0 aliphatic carbocycles. The van der Waals surface area contributed by atoms with Gasteiger partial charge in [0.25, 0.3) is 0 Å². The van der Waals surface area contributed by atoms with Crippen LogP contribution in [0.1, 0.15) is 23.7 Å². The lowest BCUT2D eigenvalue weighted by atomic mass is 10.2. The first-order valence-corrected chi connectivity index (χ1v) is 5.64. The van der Waals surface area contributed by atoms with Gasteiger partial charge in [0.05, 0.1) is 16.9 Å². The summed E-state index contributed by atoms with van der Waals surface area (Å²) in [5.74, 6) is 0. The van der Waals surface area contributed by atoms with Gasteiger partial charge in [0.1, 0.15) is 0 Å². The van der Waals surface area contributed by atoms with Crippen molar-refractivity contribution in [2.24, 2.45) is 0 Å². The maximum atomic E-state index is 12.4. The summed E-state index contributed by atoms with van der Waals surface area (Å²) < 4.78 is 38.9. The lowest BCUT2D eigenvalue weighted by molar-refractivity contribution is -0.137. The summed E-state index contributed by atoms with van der Waals surface area (Å²) in [5.41, 5.74) is 1.98. The zero-order valence-corrected chi connectivity index (χ0v) is 10.1. The third-order valence-corrected chi connectivity index (χ3v) is 2.79. The normalized spacial score (nSPS) is 11.8. The largest absolute Gasteiger partial charge is 0.416 e. The molecule has 0 amide bonds. The molecule has 2 nitrogen and oxygen atoms in total. The smallest absolute Gasteiger partial charge is 0.240 e. The van der Waals surface area contributed by atoms with Gasteiger partial charge in [-0.1, -0.05) is 6.92 Å². The Morgan fingerprint density at radius 3 is 2.22 bits per heavy atom. The van der Waals surface area contributed by atoms with Crippen molar-refractivity contribution in [2.45, 2.75) is 26.4 Å². The molecule has 18 heavy (non-hydrogen) atoms. The fourth-order valence-corrected chi connectivity index (χ4v) is 1.78. The van der Waals surface area contributed by atoms with Crippen molar-refractivity contribution in [2.75, 3.05) is 0 Å². The van der Waals surface area contributed by atoms with Gasteiger partial charge in [-0.3, -0.25) is 0 Å². The maximum absolute atomic E-state index is 12.4. The van der Waals surface area contributed by atoms with Gasteiger partial charge in [-0.2, -0.15) is 18.3 Å². The number of aryl methyl sites for hydroxylation is 2. The Morgan fingerprint density at radius 1 is 1.17 bits per heavy atom. The third kappa shape index (κ3) is 2.39. The predicted octanol–water partition coefficient (Wildman–Crippen LogP) is 3.76. The topological polar surface area (TPSA) is 17.8 Å². The quantitative estimate of drug-likeness (QED) is 0.797. The highest BCUT2D eigenvalue weighted by Gasteiger charge is 2.30. The van der Waals surface area contributed by atoms with E-state index in [1.165, 1.54) is 12.1 Å². The second-order valence-electron chi connectivity index (χ2n) is 4.10. The summed E-state index contributed by atoms with van der Waals surface area (Å²) in [7, 11) is 0. The number of halogens is 3. The first-order chi connectivity index (χ1) is 8.41. The van der Waals surface area contributed by atoms with Crippen LogP contribution in [0.3, 0.4) is 0 Å². The molecular formula is C13H13F3N2. The number of benzene rings is 1. The van der Waals surface area contributed by atoms with Crippen molar-refractivity contribution >= 4 is 0 Å². The summed E-state index contributed by atoms with van der Waals surface area (Å²) in [6.07, 6.45) is -1.67. The van der Waals surface area contributed by atoms with Crippen molar-refractivity contribution < 1.29 is 13.2 Å². The Kier molecular flexibility index (Phi) is 3.15. The maximum Gasteiger partial charge on any atom is 0.416 e. The van der Waals surface area contributed by atoms with Crippen molar-refractivity contribution in [1.82, 2.24) is 9.78 Å². The second kappa shape index (κ2) is 4.48. The first kappa shape index (κ1) is 12.7. The molecule has 0 saturated carbocycles. The highest BCUT2D eigenvalue weighted by atomic mass is 19.4. The second-order valence-corrected chi connectivity index (χ2v) is 4.10. The molecule has 0 unspecified atom stereocenters. The zero-order valence-electron chi connectivity index (χ0n) is 10.1. The summed E-state index contributed by atoms with van der Waals surface area (Å²) in [5, 5.41) is 4.33. The molecule has 0 atom stereocenters. The van der Waals surface area contributed by atoms with E-state index in [0.29, 0.717) is 5.69 Å². The van der Waals surface area contributed by atoms with Crippen LogP contribution < -0.4 is 0 Å². The van der Waals surface area contributed by atoms with Crippen LogP contribution in [0, 0.1) is 6.92 Å². The van der Waals surface area contributed by atoms with Crippen LogP contribution in [0.2, 0.25) is 0 Å². The average Bonchev–Trinajstić information content (AvgIpc) is 2.69. The van der Waals surface area contributed by atoms with Crippen molar-refractivity contribution in [3.8, 4) is 5.69 Å². The van der Waals surface area contributed by atoms with Crippen LogP contribution >= 0.6 is 0 Å². The van der Waals surface area contributed by atoms with Gasteiger partial charge in [0.15, 0.2) is 0 Å². The van der Waals surface area contributed by atoms with Gasteiger partial charge in [0, 0.05) is 6.20 Å². The first-order valence-electron chi connectivity index (χ1n) is 5.64. The van der Waals surface area contributed by atoms with Crippen LogP contribution in [0.5, 0.6) is 0 Å². The number of hydrogen-bond donors (Lipinski definition) is 0. The number of hydrogen-bond acceptors (Lipinski definition) is 1. The number of rotatable bonds is 2. The van der Waals surface area contributed by atoms with Gasteiger partial charge < -0.3 is 0 Å². The predicted molar refractivity (Wildman–Crippen MR) is 62.7 cm³/mol. The molecule has 0 bridgehead atoms. The minimum Gasteiger partial charge on any atom is -0.240 e. The number of alkyl halides is 3. The fourth-order valence-electron chi connectivity index (χ4n) is 1.78. The van der Waals surface area contributed by atoms with E-state index in [1.54, 1.807) is 4.68 Å². The number of aromatic nitrogens is 2. The molecule has 0 spiro atoms. The zero-order chi connectivity index (χ0) is 13.3. The van der Waals surface area contributed by atoms with E-state index in [1.807, 2.05) is 20.0 Å². The van der Waals surface area contributed by atoms with Crippen molar-refractivity contribution in [3.63, 3.8) is 0 Å². The highest BCUT2D eigenvalue weighted by Crippen LogP contribution is 2.29. The van der Waals surface area contributed by atoms with Crippen LogP contribution in [-0.4, -0.2) is 9.78 Å². The van der Waals surface area contributed by atoms with Gasteiger partial charge in [-0.15, -0.1) is 0 Å². The lowest BCUT2D eigenvalue weighted by Crippen LogP contribution is -2.05. The lowest BCUT2D eigenvalue weighted by Gasteiger charge is -2.07. The van der Waals surface area contributed by atoms with Crippen molar-refractivity contribution in [1.29, 1.82) is 0 Å². The van der Waals surface area contributed by atoms with Crippen LogP contribution in [0.25, 0.3) is 5.69 Å². The van der Waals surface area contributed by atoms with E-state index in [-0.39, 0.29) is 0 Å². The Morgan fingerprint density at radius 2 is 1.78 bits per heavy atom. The Labute approximate surface area is 103 Å². The van der Waals surface area contributed by atoms with E-state index in [4.69, 9.17) is 0 Å². The summed E-state index contributed by atoms with van der Waals surface area (Å²) in [4.78, 5) is 0. The Hall–Kier alpha value is -1.78. The molecule has 0 fully saturated rings. The minimum atomic E-state index is -4.30. The van der Waals surface area contributed by atoms with Gasteiger partial charge >= 0.3 is 6.18 Å². The summed E-state index contributed by atoms with van der Waals surface area (Å²) in [6, 6.07) is 4.99. The van der Waals surface area contributed by atoms with Crippen LogP contribution in [0.4, 0.5) is 13.2 Å². The van der Waals surface area contributed by atoms with Crippen LogP contribution in [0.15, 0.2) is 30.5 Å². The molecule has 0 aliphatic rings. The SMILES string of the molecule is CCc1nn(-c2ccc(C(F)(F)F)cc2)cc1C. The average molecular weight is 254 g/mol. The standard InChI is InChI=1S/C13H13F3N2/c1-3-12-9(2)8-18(17-12)11-6-4-10(5-7-11)13(14,15)16/h4-8H,3H2,1-2H3. The summed E-state index contributed by atoms with van der Waals surface area (Å²) in [6.45, 7) is 3.93. The number of nitrogens with zero attached hydrogens (tertiary/aromatic N) is 2. The minimum absolute atomic E-state index is 0.630. The van der Waals surface area contributed by atoms with Crippen molar-refractivity contribution in [3.05, 3.63) is 47.3 Å².